The van der Waals surface area contributed by atoms with Crippen molar-refractivity contribution in [1.82, 2.24) is 0 Å². The Morgan fingerprint density at radius 2 is 0.837 bits per heavy atom. The van der Waals surface area contributed by atoms with Crippen LogP contribution in [0.15, 0.2) is 0 Å². The number of ether oxygens (including phenoxy) is 3. The van der Waals surface area contributed by atoms with E-state index in [-0.39, 0.29) is 39.6 Å². The van der Waals surface area contributed by atoms with E-state index in [1.165, 1.54) is 9.80 Å². The van der Waals surface area contributed by atoms with Crippen molar-refractivity contribution in [2.75, 3.05) is 61.1 Å². The van der Waals surface area contributed by atoms with E-state index in [2.05, 4.69) is 6.92 Å². The summed E-state index contributed by atoms with van der Waals surface area (Å²) in [5.41, 5.74) is -1.47. The summed E-state index contributed by atoms with van der Waals surface area (Å²) in [6, 6.07) is 0. The first-order chi connectivity index (χ1) is 21.9. The van der Waals surface area contributed by atoms with Crippen molar-refractivity contribution in [3.8, 4) is 0 Å². The number of carbonyl (C=O) groups is 4. The standard InChI is InChI=1S/2C10H21NO2.C10H20O2.C8H16O2.H2O/c2*1-6-10(2,3)9(12)13-8-7-11(4)5;1-5-7-8-12-9(11)10(3,4)6-2;1-4-6-8(3,5-2)7(9)10;/h2*6-8H2,1-5H3;5-8H2,1-4H3;4-6H2,1-3H3,(H,9,10);1H2/p+1. The Bertz CT molecular complexity index is 833. The molecule has 0 aromatic heterocycles. The van der Waals surface area contributed by atoms with Crippen molar-refractivity contribution in [2.24, 2.45) is 21.7 Å². The van der Waals surface area contributed by atoms with Crippen molar-refractivity contribution in [2.45, 2.75) is 141 Å². The highest BCUT2D eigenvalue weighted by atomic mass is 16.5. The Kier molecular flexibility index (Phi) is 33.8. The number of carbonyl (C=O) groups excluding carboxylic acids is 3. The van der Waals surface area contributed by atoms with Crippen LogP contribution in [0.1, 0.15) is 141 Å². The van der Waals surface area contributed by atoms with Gasteiger partial charge in [0, 0.05) is 0 Å². The van der Waals surface area contributed by atoms with Gasteiger partial charge in [0.15, 0.2) is 0 Å². The minimum atomic E-state index is -0.670. The van der Waals surface area contributed by atoms with Gasteiger partial charge in [-0.1, -0.05) is 54.4 Å². The van der Waals surface area contributed by atoms with E-state index in [9.17, 15) is 19.2 Å². The van der Waals surface area contributed by atoms with Crippen LogP contribution in [-0.2, 0) is 33.4 Å². The highest BCUT2D eigenvalue weighted by Crippen LogP contribution is 2.27. The van der Waals surface area contributed by atoms with Gasteiger partial charge in [-0.05, 0) is 87.0 Å². The Hall–Kier alpha value is -2.24. The first-order valence-electron chi connectivity index (χ1n) is 18.2. The molecule has 0 spiro atoms. The maximum absolute atomic E-state index is 11.4. The fourth-order valence-electron chi connectivity index (χ4n) is 3.01. The molecular formula is C38H81N2O9+. The van der Waals surface area contributed by atoms with E-state index < -0.39 is 11.4 Å². The summed E-state index contributed by atoms with van der Waals surface area (Å²) in [6.07, 6.45) is 6.94. The normalized spacial score (nSPS) is 12.4. The highest BCUT2D eigenvalue weighted by Gasteiger charge is 2.30. The van der Waals surface area contributed by atoms with Crippen LogP contribution >= 0.6 is 0 Å². The van der Waals surface area contributed by atoms with Gasteiger partial charge in [0.05, 0.1) is 56.5 Å². The van der Waals surface area contributed by atoms with Gasteiger partial charge >= 0.3 is 23.9 Å². The SMILES string of the molecule is CCC(C)(C)C(=O)OCC[NH+](C)C.CCC(C)(C)C(=O)OCC[NH+](C)C.CCCC(C)(CC)C(=O)O.CCCCOC(=O)C(C)(C)CC.[OH-]. The van der Waals surface area contributed by atoms with Crippen LogP contribution in [0.2, 0.25) is 0 Å². The molecule has 0 fully saturated rings. The molecule has 0 saturated heterocycles. The highest BCUT2D eigenvalue weighted by molar-refractivity contribution is 5.76. The Balaban J connectivity index is -0.000000175. The van der Waals surface area contributed by atoms with E-state index >= 15 is 0 Å². The van der Waals surface area contributed by atoms with Crippen LogP contribution in [0.5, 0.6) is 0 Å². The third-order valence-corrected chi connectivity index (χ3v) is 8.81. The fraction of sp³-hybridized carbons (Fsp3) is 0.895. The van der Waals surface area contributed by atoms with Crippen LogP contribution in [0, 0.1) is 21.7 Å². The number of rotatable bonds is 19. The molecule has 0 aromatic carbocycles. The molecule has 0 aliphatic rings. The summed E-state index contributed by atoms with van der Waals surface area (Å²) in [5, 5.41) is 8.76. The first-order valence-corrected chi connectivity index (χ1v) is 18.2. The van der Waals surface area contributed by atoms with Gasteiger partial charge in [0.1, 0.15) is 26.3 Å². The predicted molar refractivity (Wildman–Crippen MR) is 198 cm³/mol. The summed E-state index contributed by atoms with van der Waals surface area (Å²) in [4.78, 5) is 47.5. The zero-order chi connectivity index (χ0) is 38.8. The third kappa shape index (κ3) is 29.2. The lowest BCUT2D eigenvalue weighted by Crippen LogP contribution is -3.06. The molecule has 0 aliphatic heterocycles. The van der Waals surface area contributed by atoms with Gasteiger partial charge < -0.3 is 34.6 Å². The van der Waals surface area contributed by atoms with Crippen molar-refractivity contribution in [1.29, 1.82) is 0 Å². The first kappa shape index (κ1) is 56.1. The smallest absolute Gasteiger partial charge is 0.311 e. The number of unbranched alkanes of at least 4 members (excludes halogenated alkanes) is 1. The minimum absolute atomic E-state index is 0. The number of nitrogens with one attached hydrogen (secondary N) is 2. The maximum Gasteiger partial charge on any atom is 0.311 e. The number of likely N-dealkylation sites (N-methyl/N-ethyl adjacent to an activating group) is 2. The molecule has 0 saturated carbocycles. The second-order valence-corrected chi connectivity index (χ2v) is 15.4. The van der Waals surface area contributed by atoms with Crippen LogP contribution in [0.25, 0.3) is 0 Å². The van der Waals surface area contributed by atoms with Crippen molar-refractivity contribution in [3.63, 3.8) is 0 Å². The van der Waals surface area contributed by atoms with Gasteiger partial charge in [-0.3, -0.25) is 19.2 Å². The molecule has 0 aliphatic carbocycles. The zero-order valence-electron chi connectivity index (χ0n) is 34.9. The molecule has 1 atom stereocenters. The number of carboxylic acid groups (broad SMARTS) is 1. The predicted octanol–water partition coefficient (Wildman–Crippen LogP) is 5.10. The van der Waals surface area contributed by atoms with E-state index in [1.807, 2.05) is 104 Å². The fourth-order valence-corrected chi connectivity index (χ4v) is 3.01. The van der Waals surface area contributed by atoms with Gasteiger partial charge in [0.25, 0.3) is 0 Å². The number of aliphatic carboxylic acids is 1. The summed E-state index contributed by atoms with van der Waals surface area (Å²) in [5.74, 6) is -0.914. The molecule has 296 valence electrons. The summed E-state index contributed by atoms with van der Waals surface area (Å²) < 4.78 is 15.4. The van der Waals surface area contributed by atoms with Crippen LogP contribution in [0.3, 0.4) is 0 Å². The topological polar surface area (TPSA) is 155 Å². The second kappa shape index (κ2) is 29.5. The van der Waals surface area contributed by atoms with E-state index in [1.54, 1.807) is 6.92 Å². The van der Waals surface area contributed by atoms with Gasteiger partial charge in [-0.15, -0.1) is 0 Å². The summed E-state index contributed by atoms with van der Waals surface area (Å²) >= 11 is 0. The Morgan fingerprint density at radius 1 is 0.531 bits per heavy atom. The Morgan fingerprint density at radius 3 is 1.02 bits per heavy atom. The molecule has 0 heterocycles. The summed E-state index contributed by atoms with van der Waals surface area (Å²) in [7, 11) is 8.16. The van der Waals surface area contributed by atoms with E-state index in [0.717, 1.165) is 64.5 Å². The number of carboxylic acids is 1. The zero-order valence-corrected chi connectivity index (χ0v) is 34.9. The number of hydrogen-bond donors (Lipinski definition) is 3. The second-order valence-electron chi connectivity index (χ2n) is 15.4. The number of hydrogen-bond acceptors (Lipinski definition) is 8. The average molecular weight is 710 g/mol. The molecule has 11 nitrogen and oxygen atoms in total. The average Bonchev–Trinajstić information content (AvgIpc) is 3.01. The number of esters is 3. The van der Waals surface area contributed by atoms with Crippen molar-refractivity contribution >= 4 is 23.9 Å². The lowest BCUT2D eigenvalue weighted by Gasteiger charge is -2.21. The largest absolute Gasteiger partial charge is 0.870 e. The molecule has 4 N–H and O–H groups in total. The van der Waals surface area contributed by atoms with Crippen LogP contribution in [0.4, 0.5) is 0 Å². The van der Waals surface area contributed by atoms with E-state index in [0.29, 0.717) is 19.8 Å². The molecule has 0 rings (SSSR count). The maximum atomic E-state index is 11.4. The van der Waals surface area contributed by atoms with Crippen LogP contribution < -0.4 is 9.80 Å². The van der Waals surface area contributed by atoms with Gasteiger partial charge in [-0.2, -0.15) is 0 Å². The van der Waals surface area contributed by atoms with Crippen molar-refractivity contribution in [3.05, 3.63) is 0 Å². The quantitative estimate of drug-likeness (QED) is 0.0945. The molecule has 1 unspecified atom stereocenters. The van der Waals surface area contributed by atoms with E-state index in [4.69, 9.17) is 19.3 Å². The van der Waals surface area contributed by atoms with Crippen molar-refractivity contribution < 1.29 is 53.8 Å². The molecule has 0 radical (unpaired) electrons. The van der Waals surface area contributed by atoms with Gasteiger partial charge in [0.2, 0.25) is 0 Å². The summed E-state index contributed by atoms with van der Waals surface area (Å²) in [6.45, 7) is 28.6. The molecular weight excluding hydrogens is 628 g/mol. The van der Waals surface area contributed by atoms with Gasteiger partial charge in [-0.25, -0.2) is 0 Å². The molecule has 11 heteroatoms. The Labute approximate surface area is 301 Å². The minimum Gasteiger partial charge on any atom is -0.870 e. The lowest BCUT2D eigenvalue weighted by molar-refractivity contribution is -0.858. The molecule has 49 heavy (non-hydrogen) atoms. The van der Waals surface area contributed by atoms with Crippen LogP contribution in [-0.4, -0.2) is 95.6 Å². The monoisotopic (exact) mass is 710 g/mol. The third-order valence-electron chi connectivity index (χ3n) is 8.81. The molecule has 0 aromatic rings. The molecule has 0 bridgehead atoms. The molecule has 0 amide bonds. The number of quaternary nitrogens is 2. The lowest BCUT2D eigenvalue weighted by atomic mass is 9.83.